The lowest BCUT2D eigenvalue weighted by Crippen LogP contribution is -2.44. The van der Waals surface area contributed by atoms with E-state index in [2.05, 4.69) is 18.7 Å². The molecule has 1 amide bonds. The van der Waals surface area contributed by atoms with Crippen LogP contribution in [0, 0.1) is 5.41 Å². The number of carbonyl (C=O) groups is 1. The fourth-order valence-electron chi connectivity index (χ4n) is 3.43. The van der Waals surface area contributed by atoms with Crippen molar-refractivity contribution < 1.29 is 4.79 Å². The van der Waals surface area contributed by atoms with Gasteiger partial charge in [0.05, 0.1) is 0 Å². The maximum atomic E-state index is 12.6. The molecule has 0 aromatic heterocycles. The minimum atomic E-state index is 0. The summed E-state index contributed by atoms with van der Waals surface area (Å²) in [6.45, 7) is 4.94. The summed E-state index contributed by atoms with van der Waals surface area (Å²) in [5, 5.41) is 0. The summed E-state index contributed by atoms with van der Waals surface area (Å²) in [7, 11) is 0. The molecule has 4 heteroatoms. The molecule has 0 radical (unpaired) electrons. The zero-order valence-corrected chi connectivity index (χ0v) is 13.2. The van der Waals surface area contributed by atoms with Crippen molar-refractivity contribution in [2.45, 2.75) is 77.3 Å². The fourth-order valence-corrected chi connectivity index (χ4v) is 3.43. The van der Waals surface area contributed by atoms with Gasteiger partial charge in [0.2, 0.25) is 5.91 Å². The molecule has 0 spiro atoms. The Hall–Kier alpha value is -0.280. The van der Waals surface area contributed by atoms with Gasteiger partial charge in [-0.2, -0.15) is 0 Å². The van der Waals surface area contributed by atoms with Crippen LogP contribution in [0.5, 0.6) is 0 Å². The van der Waals surface area contributed by atoms with Crippen molar-refractivity contribution in [1.29, 1.82) is 0 Å². The molecule has 2 aliphatic rings. The second-order valence-corrected chi connectivity index (χ2v) is 6.57. The van der Waals surface area contributed by atoms with E-state index in [0.29, 0.717) is 31.0 Å². The van der Waals surface area contributed by atoms with E-state index in [9.17, 15) is 4.79 Å². The van der Waals surface area contributed by atoms with Gasteiger partial charge in [-0.25, -0.2) is 0 Å². The van der Waals surface area contributed by atoms with E-state index in [4.69, 9.17) is 5.73 Å². The quantitative estimate of drug-likeness (QED) is 0.845. The molecule has 0 aromatic carbocycles. The van der Waals surface area contributed by atoms with Crippen molar-refractivity contribution in [1.82, 2.24) is 4.90 Å². The largest absolute Gasteiger partial charge is 0.337 e. The maximum Gasteiger partial charge on any atom is 0.223 e. The molecule has 2 fully saturated rings. The van der Waals surface area contributed by atoms with Crippen molar-refractivity contribution >= 4 is 18.3 Å². The fraction of sp³-hybridized carbons (Fsp3) is 0.933. The zero-order chi connectivity index (χ0) is 13.2. The minimum Gasteiger partial charge on any atom is -0.337 e. The van der Waals surface area contributed by atoms with Crippen LogP contribution in [-0.4, -0.2) is 29.4 Å². The lowest BCUT2D eigenvalue weighted by molar-refractivity contribution is -0.136. The van der Waals surface area contributed by atoms with Crippen molar-refractivity contribution in [3.05, 3.63) is 0 Å². The highest BCUT2D eigenvalue weighted by Gasteiger charge is 2.39. The van der Waals surface area contributed by atoms with Crippen LogP contribution in [0.15, 0.2) is 0 Å². The molecule has 0 saturated heterocycles. The highest BCUT2D eigenvalue weighted by molar-refractivity contribution is 5.85. The van der Waals surface area contributed by atoms with Gasteiger partial charge >= 0.3 is 0 Å². The van der Waals surface area contributed by atoms with Crippen LogP contribution in [0.25, 0.3) is 0 Å². The number of hydrogen-bond donors (Lipinski definition) is 1. The average molecular weight is 289 g/mol. The molecule has 112 valence electrons. The molecule has 19 heavy (non-hydrogen) atoms. The van der Waals surface area contributed by atoms with Gasteiger partial charge < -0.3 is 10.6 Å². The number of carbonyl (C=O) groups excluding carboxylic acids is 1. The Labute approximate surface area is 123 Å². The predicted octanol–water partition coefficient (Wildman–Crippen LogP) is 3.11. The third-order valence-corrected chi connectivity index (χ3v) is 4.66. The van der Waals surface area contributed by atoms with Gasteiger partial charge in [0, 0.05) is 18.5 Å². The third kappa shape index (κ3) is 4.09. The van der Waals surface area contributed by atoms with E-state index in [-0.39, 0.29) is 17.8 Å². The molecule has 0 heterocycles. The first-order valence-electron chi connectivity index (χ1n) is 7.59. The molecule has 0 atom stereocenters. The number of hydrogen-bond acceptors (Lipinski definition) is 2. The first-order valence-corrected chi connectivity index (χ1v) is 7.59. The Bertz CT molecular complexity index is 295. The van der Waals surface area contributed by atoms with Crippen molar-refractivity contribution in [3.8, 4) is 0 Å². The van der Waals surface area contributed by atoms with E-state index >= 15 is 0 Å². The normalized spacial score (nSPS) is 21.9. The van der Waals surface area contributed by atoms with Crippen LogP contribution in [0.3, 0.4) is 0 Å². The second kappa shape index (κ2) is 6.94. The van der Waals surface area contributed by atoms with Crippen LogP contribution in [0.4, 0.5) is 0 Å². The molecule has 0 aromatic rings. The van der Waals surface area contributed by atoms with Crippen molar-refractivity contribution in [2.24, 2.45) is 11.1 Å². The van der Waals surface area contributed by atoms with Crippen LogP contribution < -0.4 is 5.73 Å². The smallest absolute Gasteiger partial charge is 0.223 e. The van der Waals surface area contributed by atoms with Gasteiger partial charge in [0.15, 0.2) is 0 Å². The molecule has 0 bridgehead atoms. The Balaban J connectivity index is 0.00000180. The summed E-state index contributed by atoms with van der Waals surface area (Å²) >= 11 is 0. The lowest BCUT2D eigenvalue weighted by atomic mass is 9.71. The van der Waals surface area contributed by atoms with Crippen LogP contribution >= 0.6 is 12.4 Å². The number of nitrogens with two attached hydrogens (primary N) is 1. The Morgan fingerprint density at radius 1 is 1.26 bits per heavy atom. The van der Waals surface area contributed by atoms with Crippen molar-refractivity contribution in [2.75, 3.05) is 6.54 Å². The number of amides is 1. The predicted molar refractivity (Wildman–Crippen MR) is 81.4 cm³/mol. The number of nitrogens with zero attached hydrogens (tertiary/aromatic N) is 1. The third-order valence-electron chi connectivity index (χ3n) is 4.66. The topological polar surface area (TPSA) is 46.3 Å². The zero-order valence-electron chi connectivity index (χ0n) is 12.4. The summed E-state index contributed by atoms with van der Waals surface area (Å²) in [6, 6.07) is 0.860. The summed E-state index contributed by atoms with van der Waals surface area (Å²) in [4.78, 5) is 14.7. The monoisotopic (exact) mass is 288 g/mol. The van der Waals surface area contributed by atoms with E-state index < -0.39 is 0 Å². The van der Waals surface area contributed by atoms with Crippen LogP contribution in [0.2, 0.25) is 0 Å². The summed E-state index contributed by atoms with van der Waals surface area (Å²) in [5.41, 5.74) is 6.09. The minimum absolute atomic E-state index is 0. The molecular formula is C15H29ClN2O. The number of halogens is 1. The van der Waals surface area contributed by atoms with E-state index in [1.54, 1.807) is 0 Å². The first kappa shape index (κ1) is 16.8. The Kier molecular flexibility index (Phi) is 6.13. The van der Waals surface area contributed by atoms with Crippen LogP contribution in [-0.2, 0) is 4.79 Å². The summed E-state index contributed by atoms with van der Waals surface area (Å²) in [5.74, 6) is 0.347. The molecular weight excluding hydrogens is 260 g/mol. The molecule has 0 unspecified atom stereocenters. The molecule has 2 aliphatic carbocycles. The highest BCUT2D eigenvalue weighted by atomic mass is 35.5. The molecule has 2 N–H and O–H groups in total. The molecule has 0 aliphatic heterocycles. The Morgan fingerprint density at radius 3 is 2.26 bits per heavy atom. The number of rotatable bonds is 5. The van der Waals surface area contributed by atoms with Gasteiger partial charge in [-0.05, 0) is 51.5 Å². The standard InChI is InChI=1S/C15H28N2O.ClH/c1-12(2)17(13-6-7-13)14(18)10-15(11-16)8-4-3-5-9-15;/h12-13H,3-11,16H2,1-2H3;1H. The van der Waals surface area contributed by atoms with Crippen LogP contribution in [0.1, 0.15) is 65.2 Å². The SMILES string of the molecule is CC(C)N(C(=O)CC1(CN)CCCCC1)C1CC1.Cl. The summed E-state index contributed by atoms with van der Waals surface area (Å²) < 4.78 is 0. The summed E-state index contributed by atoms with van der Waals surface area (Å²) in [6.07, 6.45) is 9.16. The van der Waals surface area contributed by atoms with Gasteiger partial charge in [-0.1, -0.05) is 19.3 Å². The van der Waals surface area contributed by atoms with E-state index in [1.165, 1.54) is 32.1 Å². The first-order chi connectivity index (χ1) is 8.58. The molecule has 2 saturated carbocycles. The van der Waals surface area contributed by atoms with Gasteiger partial charge in [-0.3, -0.25) is 4.79 Å². The lowest BCUT2D eigenvalue weighted by Gasteiger charge is -2.38. The highest BCUT2D eigenvalue weighted by Crippen LogP contribution is 2.40. The van der Waals surface area contributed by atoms with Gasteiger partial charge in [0.1, 0.15) is 0 Å². The second-order valence-electron chi connectivity index (χ2n) is 6.57. The van der Waals surface area contributed by atoms with E-state index in [0.717, 1.165) is 12.8 Å². The Morgan fingerprint density at radius 2 is 1.84 bits per heavy atom. The average Bonchev–Trinajstić information content (AvgIpc) is 3.14. The molecule has 3 nitrogen and oxygen atoms in total. The van der Waals surface area contributed by atoms with E-state index in [1.807, 2.05) is 0 Å². The van der Waals surface area contributed by atoms with Crippen molar-refractivity contribution in [3.63, 3.8) is 0 Å². The van der Waals surface area contributed by atoms with Gasteiger partial charge in [-0.15, -0.1) is 12.4 Å². The maximum absolute atomic E-state index is 12.6. The van der Waals surface area contributed by atoms with Gasteiger partial charge in [0.25, 0.3) is 0 Å². The molecule has 2 rings (SSSR count).